The van der Waals surface area contributed by atoms with Gasteiger partial charge >= 0.3 is 0 Å². The fourth-order valence-electron chi connectivity index (χ4n) is 2.43. The van der Waals surface area contributed by atoms with E-state index in [9.17, 15) is 5.11 Å². The van der Waals surface area contributed by atoms with Gasteiger partial charge in [-0.3, -0.25) is 4.90 Å². The fraction of sp³-hybridized carbons (Fsp3) is 0.538. The smallest absolute Gasteiger partial charge is 0.0695 e. The Hall–Kier alpha value is -0.380. The molecule has 1 saturated carbocycles. The van der Waals surface area contributed by atoms with Crippen molar-refractivity contribution in [3.05, 3.63) is 34.3 Å². The molecule has 1 aliphatic rings. The zero-order valence-corrected chi connectivity index (χ0v) is 11.2. The van der Waals surface area contributed by atoms with E-state index in [1.165, 1.54) is 5.56 Å². The minimum Gasteiger partial charge on any atom is -0.391 e. The Bertz CT molecular complexity index is 338. The molecule has 3 heteroatoms. The standard InChI is InChI=1S/C13H18BrNO/c1-15(12-3-2-4-13(12)16)9-10-5-7-11(14)8-6-10/h5-8,12-13,16H,2-4,9H2,1H3/t12-,13-/m0/s1. The third-order valence-corrected chi connectivity index (χ3v) is 3.88. The number of hydrogen-bond acceptors (Lipinski definition) is 2. The van der Waals surface area contributed by atoms with Crippen molar-refractivity contribution < 1.29 is 5.11 Å². The van der Waals surface area contributed by atoms with Crippen LogP contribution in [0.4, 0.5) is 0 Å². The van der Waals surface area contributed by atoms with Crippen LogP contribution in [-0.4, -0.2) is 29.2 Å². The summed E-state index contributed by atoms with van der Waals surface area (Å²) in [6.07, 6.45) is 3.08. The molecule has 1 aromatic rings. The maximum Gasteiger partial charge on any atom is 0.0695 e. The molecule has 0 heterocycles. The second-order valence-corrected chi connectivity index (χ2v) is 5.52. The number of benzene rings is 1. The van der Waals surface area contributed by atoms with Crippen molar-refractivity contribution in [1.29, 1.82) is 0 Å². The Kier molecular flexibility index (Phi) is 4.00. The Morgan fingerprint density at radius 2 is 2.00 bits per heavy atom. The molecule has 0 aromatic heterocycles. The van der Waals surface area contributed by atoms with Crippen molar-refractivity contribution in [3.8, 4) is 0 Å². The molecule has 0 unspecified atom stereocenters. The van der Waals surface area contributed by atoms with Crippen LogP contribution in [0.2, 0.25) is 0 Å². The van der Waals surface area contributed by atoms with Gasteiger partial charge in [-0.1, -0.05) is 28.1 Å². The lowest BCUT2D eigenvalue weighted by Crippen LogP contribution is -2.36. The van der Waals surface area contributed by atoms with Crippen molar-refractivity contribution in [2.45, 2.75) is 38.0 Å². The largest absolute Gasteiger partial charge is 0.391 e. The molecule has 2 atom stereocenters. The molecule has 16 heavy (non-hydrogen) atoms. The summed E-state index contributed by atoms with van der Waals surface area (Å²) in [4.78, 5) is 2.26. The molecular weight excluding hydrogens is 266 g/mol. The first kappa shape index (κ1) is 12.1. The highest BCUT2D eigenvalue weighted by molar-refractivity contribution is 9.10. The van der Waals surface area contributed by atoms with Crippen LogP contribution in [-0.2, 0) is 6.54 Å². The maximum atomic E-state index is 9.83. The van der Waals surface area contributed by atoms with Crippen LogP contribution in [0.1, 0.15) is 24.8 Å². The molecule has 88 valence electrons. The monoisotopic (exact) mass is 283 g/mol. The minimum atomic E-state index is -0.138. The van der Waals surface area contributed by atoms with E-state index in [4.69, 9.17) is 0 Å². The number of halogens is 1. The summed E-state index contributed by atoms with van der Waals surface area (Å²) in [5.74, 6) is 0. The van der Waals surface area contributed by atoms with Crippen LogP contribution in [0.5, 0.6) is 0 Å². The van der Waals surface area contributed by atoms with Gasteiger partial charge in [0.25, 0.3) is 0 Å². The molecule has 0 bridgehead atoms. The highest BCUT2D eigenvalue weighted by Gasteiger charge is 2.28. The molecule has 0 radical (unpaired) electrons. The molecule has 1 aliphatic carbocycles. The molecule has 1 aromatic carbocycles. The lowest BCUT2D eigenvalue weighted by molar-refractivity contribution is 0.0825. The molecule has 0 aliphatic heterocycles. The average Bonchev–Trinajstić information content (AvgIpc) is 2.68. The first-order valence-corrected chi connectivity index (χ1v) is 6.59. The summed E-state index contributed by atoms with van der Waals surface area (Å²) in [5, 5.41) is 9.83. The molecule has 1 fully saturated rings. The Morgan fingerprint density at radius 1 is 1.31 bits per heavy atom. The molecule has 0 amide bonds. The van der Waals surface area contributed by atoms with E-state index < -0.39 is 0 Å². The second kappa shape index (κ2) is 5.30. The van der Waals surface area contributed by atoms with Crippen molar-refractivity contribution >= 4 is 15.9 Å². The number of rotatable bonds is 3. The Balaban J connectivity index is 1.96. The van der Waals surface area contributed by atoms with Gasteiger partial charge in [0.15, 0.2) is 0 Å². The van der Waals surface area contributed by atoms with E-state index in [0.29, 0.717) is 6.04 Å². The van der Waals surface area contributed by atoms with E-state index >= 15 is 0 Å². The van der Waals surface area contributed by atoms with E-state index in [-0.39, 0.29) is 6.10 Å². The van der Waals surface area contributed by atoms with Crippen LogP contribution >= 0.6 is 15.9 Å². The molecule has 2 rings (SSSR count). The SMILES string of the molecule is CN(Cc1ccc(Br)cc1)[C@H]1CCC[C@@H]1O. The maximum absolute atomic E-state index is 9.83. The van der Waals surface area contributed by atoms with Crippen molar-refractivity contribution in [2.24, 2.45) is 0 Å². The lowest BCUT2D eigenvalue weighted by Gasteiger charge is -2.27. The fourth-order valence-corrected chi connectivity index (χ4v) is 2.69. The third-order valence-electron chi connectivity index (χ3n) is 3.36. The Labute approximate surface area is 105 Å². The van der Waals surface area contributed by atoms with Crippen molar-refractivity contribution in [2.75, 3.05) is 7.05 Å². The lowest BCUT2D eigenvalue weighted by atomic mass is 10.1. The highest BCUT2D eigenvalue weighted by atomic mass is 79.9. The summed E-state index contributed by atoms with van der Waals surface area (Å²) in [5.41, 5.74) is 1.30. The van der Waals surface area contributed by atoms with E-state index in [1.54, 1.807) is 0 Å². The normalized spacial score (nSPS) is 25.2. The van der Waals surface area contributed by atoms with Crippen LogP contribution in [0, 0.1) is 0 Å². The number of aliphatic hydroxyl groups excluding tert-OH is 1. The predicted octanol–water partition coefficient (Wildman–Crippen LogP) is 2.79. The summed E-state index contributed by atoms with van der Waals surface area (Å²) < 4.78 is 1.11. The van der Waals surface area contributed by atoms with Crippen LogP contribution in [0.15, 0.2) is 28.7 Å². The van der Waals surface area contributed by atoms with E-state index in [2.05, 4.69) is 52.1 Å². The summed E-state index contributed by atoms with van der Waals surface area (Å²) in [6.45, 7) is 0.912. The third kappa shape index (κ3) is 2.84. The van der Waals surface area contributed by atoms with Gasteiger partial charge in [0.1, 0.15) is 0 Å². The van der Waals surface area contributed by atoms with Crippen LogP contribution in [0.3, 0.4) is 0 Å². The van der Waals surface area contributed by atoms with Gasteiger partial charge in [-0.15, -0.1) is 0 Å². The summed E-state index contributed by atoms with van der Waals surface area (Å²) in [7, 11) is 2.10. The van der Waals surface area contributed by atoms with Crippen molar-refractivity contribution in [3.63, 3.8) is 0 Å². The molecular formula is C13H18BrNO. The molecule has 0 spiro atoms. The van der Waals surface area contributed by atoms with Gasteiger partial charge in [0, 0.05) is 17.1 Å². The molecule has 2 nitrogen and oxygen atoms in total. The van der Waals surface area contributed by atoms with E-state index in [0.717, 1.165) is 30.3 Å². The van der Waals surface area contributed by atoms with Gasteiger partial charge in [0.05, 0.1) is 6.10 Å². The number of aliphatic hydroxyl groups is 1. The van der Waals surface area contributed by atoms with Gasteiger partial charge in [-0.2, -0.15) is 0 Å². The van der Waals surface area contributed by atoms with Crippen molar-refractivity contribution in [1.82, 2.24) is 4.90 Å². The zero-order valence-electron chi connectivity index (χ0n) is 9.56. The average molecular weight is 284 g/mol. The quantitative estimate of drug-likeness (QED) is 0.922. The first-order chi connectivity index (χ1) is 7.66. The predicted molar refractivity (Wildman–Crippen MR) is 69.3 cm³/mol. The summed E-state index contributed by atoms with van der Waals surface area (Å²) >= 11 is 3.43. The number of nitrogens with zero attached hydrogens (tertiary/aromatic N) is 1. The van der Waals surface area contributed by atoms with Gasteiger partial charge < -0.3 is 5.11 Å². The minimum absolute atomic E-state index is 0.138. The van der Waals surface area contributed by atoms with Gasteiger partial charge in [-0.05, 0) is 44.0 Å². The summed E-state index contributed by atoms with van der Waals surface area (Å²) in [6, 6.07) is 8.72. The van der Waals surface area contributed by atoms with Gasteiger partial charge in [-0.25, -0.2) is 0 Å². The van der Waals surface area contributed by atoms with E-state index in [1.807, 2.05) is 0 Å². The van der Waals surface area contributed by atoms with Crippen LogP contribution in [0.25, 0.3) is 0 Å². The van der Waals surface area contributed by atoms with Crippen LogP contribution < -0.4 is 0 Å². The molecule has 0 saturated heterocycles. The first-order valence-electron chi connectivity index (χ1n) is 5.79. The topological polar surface area (TPSA) is 23.5 Å². The Morgan fingerprint density at radius 3 is 2.56 bits per heavy atom. The number of likely N-dealkylation sites (N-methyl/N-ethyl adjacent to an activating group) is 1. The van der Waals surface area contributed by atoms with Gasteiger partial charge in [0.2, 0.25) is 0 Å². The highest BCUT2D eigenvalue weighted by Crippen LogP contribution is 2.24. The second-order valence-electron chi connectivity index (χ2n) is 4.61. The zero-order chi connectivity index (χ0) is 11.5. The number of hydrogen-bond donors (Lipinski definition) is 1. The molecule has 1 N–H and O–H groups in total.